The number of carboxylic acid groups (broad SMARTS) is 1. The molecule has 1 aliphatic rings. The SMILES string of the molecule is COc1ccc(S(=O)(=O)N2CCC[C@@H](Cn3cc(C(=O)O)nn3)C2)cc1. The van der Waals surface area contributed by atoms with Gasteiger partial charge in [0.15, 0.2) is 5.69 Å². The average Bonchev–Trinajstić information content (AvgIpc) is 3.11. The van der Waals surface area contributed by atoms with Crippen LogP contribution < -0.4 is 4.74 Å². The number of methoxy groups -OCH3 is 1. The van der Waals surface area contributed by atoms with E-state index < -0.39 is 16.0 Å². The van der Waals surface area contributed by atoms with Crippen LogP contribution in [-0.2, 0) is 16.6 Å². The summed E-state index contributed by atoms with van der Waals surface area (Å²) in [6.07, 6.45) is 2.94. The first-order valence-electron chi connectivity index (χ1n) is 8.18. The van der Waals surface area contributed by atoms with E-state index in [0.29, 0.717) is 25.4 Å². The molecule has 2 heterocycles. The van der Waals surface area contributed by atoms with Crippen LogP contribution in [0.4, 0.5) is 0 Å². The van der Waals surface area contributed by atoms with Crippen LogP contribution in [0, 0.1) is 5.92 Å². The van der Waals surface area contributed by atoms with Gasteiger partial charge in [0, 0.05) is 19.6 Å². The van der Waals surface area contributed by atoms with Gasteiger partial charge in [0.1, 0.15) is 5.75 Å². The number of rotatable bonds is 6. The molecule has 1 N–H and O–H groups in total. The summed E-state index contributed by atoms with van der Waals surface area (Å²) in [5, 5.41) is 16.3. The highest BCUT2D eigenvalue weighted by Gasteiger charge is 2.30. The van der Waals surface area contributed by atoms with Crippen LogP contribution in [0.2, 0.25) is 0 Å². The quantitative estimate of drug-likeness (QED) is 0.797. The molecule has 26 heavy (non-hydrogen) atoms. The lowest BCUT2D eigenvalue weighted by atomic mass is 10.00. The predicted molar refractivity (Wildman–Crippen MR) is 91.5 cm³/mol. The van der Waals surface area contributed by atoms with Crippen LogP contribution in [-0.4, -0.2) is 59.0 Å². The van der Waals surface area contributed by atoms with Gasteiger partial charge in [-0.2, -0.15) is 4.31 Å². The maximum Gasteiger partial charge on any atom is 0.358 e. The van der Waals surface area contributed by atoms with Crippen molar-refractivity contribution in [1.82, 2.24) is 19.3 Å². The maximum atomic E-state index is 12.9. The molecule has 0 aliphatic carbocycles. The Hall–Kier alpha value is -2.46. The smallest absolute Gasteiger partial charge is 0.358 e. The summed E-state index contributed by atoms with van der Waals surface area (Å²) in [5.74, 6) is -0.496. The first-order valence-corrected chi connectivity index (χ1v) is 9.62. The fourth-order valence-electron chi connectivity index (χ4n) is 3.04. The molecule has 0 bridgehead atoms. The van der Waals surface area contributed by atoms with Gasteiger partial charge < -0.3 is 9.84 Å². The summed E-state index contributed by atoms with van der Waals surface area (Å²) >= 11 is 0. The molecular formula is C16H20N4O5S. The van der Waals surface area contributed by atoms with Gasteiger partial charge in [-0.15, -0.1) is 5.10 Å². The second-order valence-corrected chi connectivity index (χ2v) is 8.12. The van der Waals surface area contributed by atoms with Crippen molar-refractivity contribution < 1.29 is 23.1 Å². The maximum absolute atomic E-state index is 12.9. The Morgan fingerprint density at radius 1 is 1.35 bits per heavy atom. The molecule has 3 rings (SSSR count). The fraction of sp³-hybridized carbons (Fsp3) is 0.438. The van der Waals surface area contributed by atoms with Crippen LogP contribution in [0.25, 0.3) is 0 Å². The van der Waals surface area contributed by atoms with E-state index in [0.717, 1.165) is 12.8 Å². The predicted octanol–water partition coefficient (Wildman–Crippen LogP) is 1.09. The van der Waals surface area contributed by atoms with Gasteiger partial charge in [0.25, 0.3) is 0 Å². The summed E-state index contributed by atoms with van der Waals surface area (Å²) in [6, 6.07) is 6.32. The minimum Gasteiger partial charge on any atom is -0.497 e. The molecule has 1 saturated heterocycles. The molecule has 1 fully saturated rings. The number of piperidine rings is 1. The third-order valence-electron chi connectivity index (χ3n) is 4.38. The van der Waals surface area contributed by atoms with E-state index >= 15 is 0 Å². The summed E-state index contributed by atoms with van der Waals surface area (Å²) in [4.78, 5) is 11.1. The van der Waals surface area contributed by atoms with Crippen LogP contribution in [0.15, 0.2) is 35.4 Å². The first-order chi connectivity index (χ1) is 12.4. The minimum atomic E-state index is -3.58. The average molecular weight is 380 g/mol. The molecule has 1 aromatic heterocycles. The van der Waals surface area contributed by atoms with Crippen molar-refractivity contribution in [3.8, 4) is 5.75 Å². The number of sulfonamides is 1. The molecule has 1 aliphatic heterocycles. The molecule has 140 valence electrons. The van der Waals surface area contributed by atoms with Crippen LogP contribution in [0.3, 0.4) is 0 Å². The van der Waals surface area contributed by atoms with Crippen molar-refractivity contribution in [3.63, 3.8) is 0 Å². The number of ether oxygens (including phenoxy) is 1. The van der Waals surface area contributed by atoms with E-state index in [1.807, 2.05) is 0 Å². The number of benzene rings is 1. The van der Waals surface area contributed by atoms with Gasteiger partial charge in [-0.05, 0) is 43.0 Å². The summed E-state index contributed by atoms with van der Waals surface area (Å²) in [5.41, 5.74) is -0.122. The highest BCUT2D eigenvalue weighted by molar-refractivity contribution is 7.89. The third-order valence-corrected chi connectivity index (χ3v) is 6.26. The second-order valence-electron chi connectivity index (χ2n) is 6.18. The van der Waals surface area contributed by atoms with Crippen molar-refractivity contribution in [2.24, 2.45) is 5.92 Å². The molecule has 0 unspecified atom stereocenters. The third kappa shape index (κ3) is 3.86. The van der Waals surface area contributed by atoms with Crippen molar-refractivity contribution >= 4 is 16.0 Å². The van der Waals surface area contributed by atoms with E-state index in [-0.39, 0.29) is 16.5 Å². The lowest BCUT2D eigenvalue weighted by Crippen LogP contribution is -2.41. The van der Waals surface area contributed by atoms with E-state index in [9.17, 15) is 13.2 Å². The van der Waals surface area contributed by atoms with Crippen LogP contribution in [0.1, 0.15) is 23.3 Å². The number of hydrogen-bond acceptors (Lipinski definition) is 6. The van der Waals surface area contributed by atoms with Gasteiger partial charge >= 0.3 is 5.97 Å². The zero-order chi connectivity index (χ0) is 18.7. The number of nitrogens with zero attached hydrogens (tertiary/aromatic N) is 4. The van der Waals surface area contributed by atoms with Crippen LogP contribution >= 0.6 is 0 Å². The number of carboxylic acids is 1. The molecule has 1 aromatic carbocycles. The molecular weight excluding hydrogens is 360 g/mol. The molecule has 0 amide bonds. The van der Waals surface area contributed by atoms with Crippen molar-refractivity contribution in [2.75, 3.05) is 20.2 Å². The summed E-state index contributed by atoms with van der Waals surface area (Å²) in [7, 11) is -2.06. The largest absolute Gasteiger partial charge is 0.497 e. The Morgan fingerprint density at radius 3 is 2.69 bits per heavy atom. The summed E-state index contributed by atoms with van der Waals surface area (Å²) in [6.45, 7) is 1.24. The minimum absolute atomic E-state index is 0.0418. The number of aromatic nitrogens is 3. The van der Waals surface area contributed by atoms with Gasteiger partial charge in [-0.1, -0.05) is 5.21 Å². The second kappa shape index (κ2) is 7.42. The molecule has 0 saturated carbocycles. The summed E-state index contributed by atoms with van der Waals surface area (Å²) < 4.78 is 33.7. The molecule has 0 radical (unpaired) electrons. The number of hydrogen-bond donors (Lipinski definition) is 1. The molecule has 10 heteroatoms. The molecule has 0 spiro atoms. The highest BCUT2D eigenvalue weighted by Crippen LogP contribution is 2.25. The van der Waals surface area contributed by atoms with E-state index in [1.165, 1.54) is 34.4 Å². The Kier molecular flexibility index (Phi) is 5.23. The lowest BCUT2D eigenvalue weighted by Gasteiger charge is -2.31. The van der Waals surface area contributed by atoms with Crippen molar-refractivity contribution in [2.45, 2.75) is 24.3 Å². The molecule has 2 aromatic rings. The Labute approximate surface area is 151 Å². The zero-order valence-corrected chi connectivity index (χ0v) is 15.1. The van der Waals surface area contributed by atoms with Gasteiger partial charge in [-0.3, -0.25) is 4.68 Å². The normalized spacial score (nSPS) is 18.6. The van der Waals surface area contributed by atoms with Gasteiger partial charge in [0.2, 0.25) is 10.0 Å². The van der Waals surface area contributed by atoms with Gasteiger partial charge in [-0.25, -0.2) is 13.2 Å². The standard InChI is InChI=1S/C16H20N4O5S/c1-25-13-4-6-14(7-5-13)26(23,24)20-8-2-3-12(10-20)9-19-11-15(16(21)22)17-18-19/h4-7,11-12H,2-3,8-10H2,1H3,(H,21,22)/t12-/m0/s1. The topological polar surface area (TPSA) is 115 Å². The molecule has 9 nitrogen and oxygen atoms in total. The fourth-order valence-corrected chi connectivity index (χ4v) is 4.60. The van der Waals surface area contributed by atoms with Crippen molar-refractivity contribution in [3.05, 3.63) is 36.2 Å². The van der Waals surface area contributed by atoms with E-state index in [2.05, 4.69) is 10.3 Å². The van der Waals surface area contributed by atoms with Crippen molar-refractivity contribution in [1.29, 1.82) is 0 Å². The molecule has 1 atom stereocenters. The monoisotopic (exact) mass is 380 g/mol. The van der Waals surface area contributed by atoms with Gasteiger partial charge in [0.05, 0.1) is 18.2 Å². The zero-order valence-electron chi connectivity index (χ0n) is 14.3. The number of carbonyl (C=O) groups is 1. The highest BCUT2D eigenvalue weighted by atomic mass is 32.2. The Morgan fingerprint density at radius 2 is 2.08 bits per heavy atom. The Bertz CT molecular complexity index is 878. The number of aromatic carboxylic acids is 1. The van der Waals surface area contributed by atoms with E-state index in [1.54, 1.807) is 12.1 Å². The first kappa shape index (κ1) is 18.3. The Balaban J connectivity index is 1.71. The van der Waals surface area contributed by atoms with E-state index in [4.69, 9.17) is 9.84 Å². The van der Waals surface area contributed by atoms with Crippen LogP contribution in [0.5, 0.6) is 5.75 Å². The lowest BCUT2D eigenvalue weighted by molar-refractivity contribution is 0.0690.